The largest absolute Gasteiger partial charge is 0.352 e. The van der Waals surface area contributed by atoms with Crippen LogP contribution in [-0.2, 0) is 9.47 Å². The SMILES string of the molecule is CCCCCC1CCC([C@H]2OC[C@H](CC)CO2)CC1. The van der Waals surface area contributed by atoms with Crippen LogP contribution in [0, 0.1) is 17.8 Å². The van der Waals surface area contributed by atoms with Crippen molar-refractivity contribution in [2.45, 2.75) is 77.9 Å². The lowest BCUT2D eigenvalue weighted by molar-refractivity contribution is -0.229. The Bertz CT molecular complexity index is 225. The van der Waals surface area contributed by atoms with Crippen LogP contribution in [0.2, 0.25) is 0 Å². The van der Waals surface area contributed by atoms with Crippen molar-refractivity contribution in [3.05, 3.63) is 0 Å². The Morgan fingerprint density at radius 1 is 0.842 bits per heavy atom. The third kappa shape index (κ3) is 4.75. The zero-order valence-corrected chi connectivity index (χ0v) is 12.9. The van der Waals surface area contributed by atoms with Crippen molar-refractivity contribution in [3.8, 4) is 0 Å². The second-order valence-electron chi connectivity index (χ2n) is 6.59. The summed E-state index contributed by atoms with van der Waals surface area (Å²) in [4.78, 5) is 0. The molecule has 0 aromatic heterocycles. The molecule has 2 heteroatoms. The molecule has 0 bridgehead atoms. The van der Waals surface area contributed by atoms with Crippen molar-refractivity contribution in [2.75, 3.05) is 13.2 Å². The lowest BCUT2D eigenvalue weighted by Gasteiger charge is -2.37. The fourth-order valence-electron chi connectivity index (χ4n) is 3.50. The van der Waals surface area contributed by atoms with Crippen molar-refractivity contribution in [2.24, 2.45) is 17.8 Å². The van der Waals surface area contributed by atoms with Gasteiger partial charge in [-0.25, -0.2) is 0 Å². The molecule has 0 atom stereocenters. The van der Waals surface area contributed by atoms with Gasteiger partial charge in [0.25, 0.3) is 0 Å². The number of rotatable bonds is 6. The Labute approximate surface area is 119 Å². The molecule has 0 aromatic carbocycles. The first-order valence-corrected chi connectivity index (χ1v) is 8.56. The molecule has 0 amide bonds. The van der Waals surface area contributed by atoms with Gasteiger partial charge in [0.1, 0.15) is 0 Å². The monoisotopic (exact) mass is 268 g/mol. The summed E-state index contributed by atoms with van der Waals surface area (Å²) < 4.78 is 11.9. The van der Waals surface area contributed by atoms with E-state index in [1.165, 1.54) is 57.8 Å². The first-order valence-electron chi connectivity index (χ1n) is 8.56. The second-order valence-corrected chi connectivity index (χ2v) is 6.59. The first kappa shape index (κ1) is 15.3. The van der Waals surface area contributed by atoms with Crippen molar-refractivity contribution in [3.63, 3.8) is 0 Å². The third-order valence-corrected chi connectivity index (χ3v) is 5.06. The Morgan fingerprint density at radius 3 is 2.11 bits per heavy atom. The van der Waals surface area contributed by atoms with Gasteiger partial charge in [-0.15, -0.1) is 0 Å². The van der Waals surface area contributed by atoms with Gasteiger partial charge in [0.05, 0.1) is 13.2 Å². The summed E-state index contributed by atoms with van der Waals surface area (Å²) in [6.45, 7) is 6.34. The van der Waals surface area contributed by atoms with E-state index in [9.17, 15) is 0 Å². The van der Waals surface area contributed by atoms with E-state index in [2.05, 4.69) is 13.8 Å². The molecule has 2 aliphatic rings. The van der Waals surface area contributed by atoms with Gasteiger partial charge >= 0.3 is 0 Å². The maximum Gasteiger partial charge on any atom is 0.160 e. The number of ether oxygens (including phenoxy) is 2. The zero-order chi connectivity index (χ0) is 13.5. The van der Waals surface area contributed by atoms with Gasteiger partial charge in [0, 0.05) is 11.8 Å². The van der Waals surface area contributed by atoms with E-state index in [4.69, 9.17) is 9.47 Å². The van der Waals surface area contributed by atoms with E-state index in [-0.39, 0.29) is 6.29 Å². The second kappa shape index (κ2) is 8.26. The molecule has 2 fully saturated rings. The zero-order valence-electron chi connectivity index (χ0n) is 12.9. The summed E-state index contributed by atoms with van der Waals surface area (Å²) in [7, 11) is 0. The summed E-state index contributed by atoms with van der Waals surface area (Å²) in [5.41, 5.74) is 0. The Hall–Kier alpha value is -0.0800. The van der Waals surface area contributed by atoms with Crippen molar-refractivity contribution in [1.29, 1.82) is 0 Å². The van der Waals surface area contributed by atoms with Crippen LogP contribution < -0.4 is 0 Å². The normalized spacial score (nSPS) is 36.3. The van der Waals surface area contributed by atoms with Crippen LogP contribution in [0.1, 0.15) is 71.6 Å². The quantitative estimate of drug-likeness (QED) is 0.646. The van der Waals surface area contributed by atoms with Crippen LogP contribution in [0.4, 0.5) is 0 Å². The molecule has 2 nitrogen and oxygen atoms in total. The van der Waals surface area contributed by atoms with Gasteiger partial charge < -0.3 is 9.47 Å². The van der Waals surface area contributed by atoms with Crippen LogP contribution in [0.3, 0.4) is 0 Å². The molecule has 112 valence electrons. The van der Waals surface area contributed by atoms with E-state index >= 15 is 0 Å². The van der Waals surface area contributed by atoms with Crippen LogP contribution in [0.15, 0.2) is 0 Å². The molecule has 1 saturated carbocycles. The Kier molecular flexibility index (Phi) is 6.66. The van der Waals surface area contributed by atoms with E-state index < -0.39 is 0 Å². The molecule has 0 unspecified atom stereocenters. The molecule has 0 N–H and O–H groups in total. The average molecular weight is 268 g/mol. The minimum Gasteiger partial charge on any atom is -0.352 e. The lowest BCUT2D eigenvalue weighted by Crippen LogP contribution is -2.38. The van der Waals surface area contributed by atoms with Crippen LogP contribution >= 0.6 is 0 Å². The fourth-order valence-corrected chi connectivity index (χ4v) is 3.50. The van der Waals surface area contributed by atoms with E-state index in [0.29, 0.717) is 11.8 Å². The molecular formula is C17H32O2. The molecule has 0 radical (unpaired) electrons. The highest BCUT2D eigenvalue weighted by Gasteiger charge is 2.31. The van der Waals surface area contributed by atoms with Crippen LogP contribution in [0.25, 0.3) is 0 Å². The summed E-state index contributed by atoms with van der Waals surface area (Å²) >= 11 is 0. The van der Waals surface area contributed by atoms with Crippen LogP contribution in [-0.4, -0.2) is 19.5 Å². The summed E-state index contributed by atoms with van der Waals surface area (Å²) in [5, 5.41) is 0. The molecule has 0 aromatic rings. The highest BCUT2D eigenvalue weighted by Crippen LogP contribution is 2.36. The Morgan fingerprint density at radius 2 is 1.53 bits per heavy atom. The van der Waals surface area contributed by atoms with E-state index in [1.54, 1.807) is 0 Å². The van der Waals surface area contributed by atoms with Crippen molar-refractivity contribution < 1.29 is 9.47 Å². The van der Waals surface area contributed by atoms with Crippen LogP contribution in [0.5, 0.6) is 0 Å². The molecule has 19 heavy (non-hydrogen) atoms. The molecule has 2 rings (SSSR count). The third-order valence-electron chi connectivity index (χ3n) is 5.06. The first-order chi connectivity index (χ1) is 9.33. The maximum atomic E-state index is 5.93. The van der Waals surface area contributed by atoms with Gasteiger partial charge in [0.2, 0.25) is 0 Å². The van der Waals surface area contributed by atoms with Crippen molar-refractivity contribution in [1.82, 2.24) is 0 Å². The molecule has 1 saturated heterocycles. The molecule has 1 aliphatic heterocycles. The molecule has 1 heterocycles. The summed E-state index contributed by atoms with van der Waals surface area (Å²) in [5.74, 6) is 2.27. The fraction of sp³-hybridized carbons (Fsp3) is 1.00. The Balaban J connectivity index is 1.63. The number of unbranched alkanes of at least 4 members (excludes halogenated alkanes) is 2. The predicted molar refractivity (Wildman–Crippen MR) is 79.1 cm³/mol. The molecular weight excluding hydrogens is 236 g/mol. The maximum absolute atomic E-state index is 5.93. The predicted octanol–water partition coefficient (Wildman–Crippen LogP) is 4.77. The highest BCUT2D eigenvalue weighted by atomic mass is 16.7. The van der Waals surface area contributed by atoms with Gasteiger partial charge in [-0.05, 0) is 38.0 Å². The minimum atomic E-state index is 0.111. The van der Waals surface area contributed by atoms with Gasteiger partial charge in [0.15, 0.2) is 6.29 Å². The topological polar surface area (TPSA) is 18.5 Å². The number of hydrogen-bond donors (Lipinski definition) is 0. The van der Waals surface area contributed by atoms with Crippen molar-refractivity contribution >= 4 is 0 Å². The van der Waals surface area contributed by atoms with E-state index in [0.717, 1.165) is 19.1 Å². The van der Waals surface area contributed by atoms with E-state index in [1.807, 2.05) is 0 Å². The molecule has 0 spiro atoms. The minimum absolute atomic E-state index is 0.111. The highest BCUT2D eigenvalue weighted by molar-refractivity contribution is 4.76. The van der Waals surface area contributed by atoms with Gasteiger partial charge in [-0.3, -0.25) is 0 Å². The number of hydrogen-bond acceptors (Lipinski definition) is 2. The van der Waals surface area contributed by atoms with Gasteiger partial charge in [-0.2, -0.15) is 0 Å². The smallest absolute Gasteiger partial charge is 0.160 e. The molecule has 1 aliphatic carbocycles. The lowest BCUT2D eigenvalue weighted by atomic mass is 9.79. The summed E-state index contributed by atoms with van der Waals surface area (Å²) in [6, 6.07) is 0. The van der Waals surface area contributed by atoms with Gasteiger partial charge in [-0.1, -0.05) is 39.5 Å². The average Bonchev–Trinajstić information content (AvgIpc) is 2.48. The standard InChI is InChI=1S/C17H32O2/c1-3-5-6-7-15-8-10-16(11-9-15)17-18-12-14(4-2)13-19-17/h14-17H,3-13H2,1-2H3/t14-,15?,16?,17-. The summed E-state index contributed by atoms with van der Waals surface area (Å²) in [6.07, 6.45) is 12.4.